The lowest BCUT2D eigenvalue weighted by Crippen LogP contribution is -2.44. The smallest absolute Gasteiger partial charge is 0.227 e. The number of piperazine rings is 1. The first kappa shape index (κ1) is 22.9. The van der Waals surface area contributed by atoms with Gasteiger partial charge in [-0.3, -0.25) is 24.8 Å². The summed E-state index contributed by atoms with van der Waals surface area (Å²) >= 11 is 0. The van der Waals surface area contributed by atoms with Crippen LogP contribution in [0.5, 0.6) is 0 Å². The SMILES string of the molecule is CN1CCN(c2cncc3[nH]c(-c4n[nH]c5cnc(-c6cncc(NC(=O)C7CCC7)c6)cc45)cc23)CC1. The Kier molecular flexibility index (Phi) is 5.54. The molecule has 1 saturated carbocycles. The Bertz CT molecular complexity index is 1640. The Balaban J connectivity index is 1.22. The van der Waals surface area contributed by atoms with Gasteiger partial charge in [-0.15, -0.1) is 0 Å². The lowest BCUT2D eigenvalue weighted by atomic mass is 9.85. The van der Waals surface area contributed by atoms with Gasteiger partial charge in [0.1, 0.15) is 5.69 Å². The van der Waals surface area contributed by atoms with E-state index in [0.717, 1.165) is 95.6 Å². The topological polar surface area (TPSA) is 119 Å². The van der Waals surface area contributed by atoms with Crippen molar-refractivity contribution < 1.29 is 4.79 Å². The zero-order valence-electron chi connectivity index (χ0n) is 21.2. The van der Waals surface area contributed by atoms with E-state index in [4.69, 9.17) is 0 Å². The number of aromatic nitrogens is 6. The summed E-state index contributed by atoms with van der Waals surface area (Å²) < 4.78 is 0. The molecule has 10 nitrogen and oxygen atoms in total. The molecule has 7 rings (SSSR count). The van der Waals surface area contributed by atoms with E-state index in [9.17, 15) is 4.79 Å². The van der Waals surface area contributed by atoms with Gasteiger partial charge in [-0.25, -0.2) is 0 Å². The summed E-state index contributed by atoms with van der Waals surface area (Å²) in [6.45, 7) is 4.03. The van der Waals surface area contributed by atoms with E-state index in [2.05, 4.69) is 58.4 Å². The first-order valence-electron chi connectivity index (χ1n) is 13.1. The van der Waals surface area contributed by atoms with Crippen LogP contribution in [0.25, 0.3) is 44.5 Å². The van der Waals surface area contributed by atoms with Crippen LogP contribution in [0.1, 0.15) is 19.3 Å². The highest BCUT2D eigenvalue weighted by molar-refractivity contribution is 6.00. The van der Waals surface area contributed by atoms with Crippen LogP contribution in [0.15, 0.2) is 49.2 Å². The minimum absolute atomic E-state index is 0.0694. The van der Waals surface area contributed by atoms with Gasteiger partial charge < -0.3 is 20.1 Å². The number of pyridine rings is 3. The zero-order valence-corrected chi connectivity index (χ0v) is 21.2. The fourth-order valence-corrected chi connectivity index (χ4v) is 5.31. The highest BCUT2D eigenvalue weighted by Crippen LogP contribution is 2.34. The minimum Gasteiger partial charge on any atom is -0.367 e. The number of nitrogens with zero attached hydrogens (tertiary/aromatic N) is 6. The van der Waals surface area contributed by atoms with Crippen LogP contribution in [0.2, 0.25) is 0 Å². The molecule has 10 heteroatoms. The number of hydrogen-bond acceptors (Lipinski definition) is 7. The summed E-state index contributed by atoms with van der Waals surface area (Å²) in [5.74, 6) is 0.185. The predicted molar refractivity (Wildman–Crippen MR) is 148 cm³/mol. The third-order valence-corrected chi connectivity index (χ3v) is 7.85. The summed E-state index contributed by atoms with van der Waals surface area (Å²) in [5.41, 5.74) is 7.02. The number of fused-ring (bicyclic) bond motifs is 2. The molecule has 0 radical (unpaired) electrons. The van der Waals surface area contributed by atoms with Crippen molar-refractivity contribution in [2.75, 3.05) is 43.4 Å². The number of amides is 1. The normalized spacial score (nSPS) is 16.7. The van der Waals surface area contributed by atoms with Crippen LogP contribution >= 0.6 is 0 Å². The number of carbonyl (C=O) groups excluding carboxylic acids is 1. The maximum Gasteiger partial charge on any atom is 0.227 e. The molecule has 5 aromatic heterocycles. The lowest BCUT2D eigenvalue weighted by molar-refractivity contribution is -0.122. The standard InChI is InChI=1S/C28H29N9O/c1-36-5-7-37(8-6-36)26-16-30-14-24-20(26)10-23(33-24)27-21-11-22(31-15-25(21)34-35-27)18-9-19(13-29-12-18)32-28(38)17-3-2-4-17/h9-17,33H,2-8H2,1H3,(H,32,38)(H,34,35). The Morgan fingerprint density at radius 1 is 0.947 bits per heavy atom. The first-order chi connectivity index (χ1) is 18.6. The molecule has 0 bridgehead atoms. The summed E-state index contributed by atoms with van der Waals surface area (Å²) in [6, 6.07) is 6.11. The maximum absolute atomic E-state index is 12.4. The van der Waals surface area contributed by atoms with E-state index in [1.165, 1.54) is 0 Å². The zero-order chi connectivity index (χ0) is 25.6. The second kappa shape index (κ2) is 9.21. The average Bonchev–Trinajstić information content (AvgIpc) is 3.52. The van der Waals surface area contributed by atoms with Crippen molar-refractivity contribution in [1.29, 1.82) is 0 Å². The Morgan fingerprint density at radius 3 is 2.61 bits per heavy atom. The quantitative estimate of drug-likeness (QED) is 0.328. The van der Waals surface area contributed by atoms with E-state index in [1.54, 1.807) is 18.6 Å². The van der Waals surface area contributed by atoms with Gasteiger partial charge in [0.15, 0.2) is 0 Å². The van der Waals surface area contributed by atoms with E-state index in [-0.39, 0.29) is 11.8 Å². The largest absolute Gasteiger partial charge is 0.367 e. The van der Waals surface area contributed by atoms with Crippen molar-refractivity contribution in [2.24, 2.45) is 5.92 Å². The predicted octanol–water partition coefficient (Wildman–Crippen LogP) is 4.05. The third kappa shape index (κ3) is 4.06. The van der Waals surface area contributed by atoms with Crippen LogP contribution in [0.3, 0.4) is 0 Å². The molecule has 0 spiro atoms. The van der Waals surface area contributed by atoms with Crippen LogP contribution in [-0.4, -0.2) is 74.2 Å². The first-order valence-corrected chi connectivity index (χ1v) is 13.1. The number of hydrogen-bond donors (Lipinski definition) is 3. The Labute approximate surface area is 219 Å². The molecular formula is C28H29N9O. The van der Waals surface area contributed by atoms with E-state index in [0.29, 0.717) is 5.69 Å². The summed E-state index contributed by atoms with van der Waals surface area (Å²) in [7, 11) is 2.16. The van der Waals surface area contributed by atoms with Crippen LogP contribution in [-0.2, 0) is 4.79 Å². The van der Waals surface area contributed by atoms with Crippen LogP contribution < -0.4 is 10.2 Å². The number of nitrogens with one attached hydrogen (secondary N) is 3. The van der Waals surface area contributed by atoms with Gasteiger partial charge in [0, 0.05) is 54.6 Å². The number of H-pyrrole nitrogens is 2. The number of likely N-dealkylation sites (N-methyl/N-ethyl adjacent to an activating group) is 1. The molecule has 3 N–H and O–H groups in total. The minimum atomic E-state index is 0.0694. The number of rotatable bonds is 5. The fraction of sp³-hybridized carbons (Fsp3) is 0.321. The molecule has 38 heavy (non-hydrogen) atoms. The Morgan fingerprint density at radius 2 is 1.79 bits per heavy atom. The molecule has 0 atom stereocenters. The van der Waals surface area contributed by atoms with Crippen molar-refractivity contribution in [3.8, 4) is 22.6 Å². The van der Waals surface area contributed by atoms with Gasteiger partial charge >= 0.3 is 0 Å². The molecule has 0 aromatic carbocycles. The van der Waals surface area contributed by atoms with Crippen molar-refractivity contribution in [3.63, 3.8) is 0 Å². The molecule has 2 fully saturated rings. The third-order valence-electron chi connectivity index (χ3n) is 7.85. The number of carbonyl (C=O) groups is 1. The molecule has 6 heterocycles. The fourth-order valence-electron chi connectivity index (χ4n) is 5.31. The molecular weight excluding hydrogens is 478 g/mol. The van der Waals surface area contributed by atoms with Gasteiger partial charge in [-0.1, -0.05) is 6.42 Å². The van der Waals surface area contributed by atoms with Crippen molar-refractivity contribution >= 4 is 39.1 Å². The van der Waals surface area contributed by atoms with Crippen LogP contribution in [0, 0.1) is 5.92 Å². The number of anilines is 2. The summed E-state index contributed by atoms with van der Waals surface area (Å²) in [4.78, 5) is 34.2. The second-order valence-corrected chi connectivity index (χ2v) is 10.4. The van der Waals surface area contributed by atoms with Crippen molar-refractivity contribution in [1.82, 2.24) is 35.0 Å². The van der Waals surface area contributed by atoms with Crippen molar-refractivity contribution in [2.45, 2.75) is 19.3 Å². The van der Waals surface area contributed by atoms with Gasteiger partial charge in [-0.2, -0.15) is 5.10 Å². The van der Waals surface area contributed by atoms with Gasteiger partial charge in [-0.05, 0) is 38.1 Å². The van der Waals surface area contributed by atoms with Crippen molar-refractivity contribution in [3.05, 3.63) is 49.2 Å². The molecule has 192 valence electrons. The summed E-state index contributed by atoms with van der Waals surface area (Å²) in [6.07, 6.45) is 12.1. The maximum atomic E-state index is 12.4. The summed E-state index contributed by atoms with van der Waals surface area (Å²) in [5, 5.41) is 12.9. The molecule has 1 amide bonds. The molecule has 1 saturated heterocycles. The molecule has 1 aliphatic heterocycles. The second-order valence-electron chi connectivity index (χ2n) is 10.4. The van der Waals surface area contributed by atoms with Crippen LogP contribution in [0.4, 0.5) is 11.4 Å². The molecule has 5 aromatic rings. The lowest BCUT2D eigenvalue weighted by Gasteiger charge is -2.34. The van der Waals surface area contributed by atoms with Gasteiger partial charge in [0.2, 0.25) is 5.91 Å². The average molecular weight is 508 g/mol. The molecule has 1 aliphatic carbocycles. The molecule has 0 unspecified atom stereocenters. The van der Waals surface area contributed by atoms with E-state index >= 15 is 0 Å². The Hall–Kier alpha value is -4.31. The van der Waals surface area contributed by atoms with E-state index in [1.807, 2.05) is 24.5 Å². The van der Waals surface area contributed by atoms with E-state index < -0.39 is 0 Å². The highest BCUT2D eigenvalue weighted by Gasteiger charge is 2.25. The van der Waals surface area contributed by atoms with Gasteiger partial charge in [0.25, 0.3) is 0 Å². The van der Waals surface area contributed by atoms with Gasteiger partial charge in [0.05, 0.1) is 58.6 Å². The monoisotopic (exact) mass is 507 g/mol. The number of aromatic amines is 2. The molecule has 2 aliphatic rings. The highest BCUT2D eigenvalue weighted by atomic mass is 16.1.